The molecular weight excluding hydrogens is 370 g/mol. The van der Waals surface area contributed by atoms with E-state index in [2.05, 4.69) is 22.3 Å². The van der Waals surface area contributed by atoms with E-state index in [0.717, 1.165) is 5.56 Å². The number of nitrogens with zero attached hydrogens (tertiary/aromatic N) is 4. The number of rotatable bonds is 9. The van der Waals surface area contributed by atoms with E-state index in [4.69, 9.17) is 5.73 Å². The van der Waals surface area contributed by atoms with E-state index in [9.17, 15) is 9.59 Å². The molecule has 0 saturated heterocycles. The number of amides is 2. The van der Waals surface area contributed by atoms with E-state index in [1.54, 1.807) is 28.3 Å². The quantitative estimate of drug-likeness (QED) is 0.652. The molecule has 9 heteroatoms. The summed E-state index contributed by atoms with van der Waals surface area (Å²) in [4.78, 5) is 26.1. The number of aromatic nitrogens is 3. The lowest BCUT2D eigenvalue weighted by Gasteiger charge is -2.17. The summed E-state index contributed by atoms with van der Waals surface area (Å²) in [6, 6.07) is 8.19. The van der Waals surface area contributed by atoms with Gasteiger partial charge in [-0.3, -0.25) is 9.59 Å². The molecular formula is C17H23N5O2S2. The third-order valence-corrected chi connectivity index (χ3v) is 5.60. The number of aryl methyl sites for hydroxylation is 1. The summed E-state index contributed by atoms with van der Waals surface area (Å²) >= 11 is 3.03. The molecule has 0 atom stereocenters. The molecule has 1 heterocycles. The molecule has 2 amide bonds. The second kappa shape index (κ2) is 9.63. The molecule has 0 aliphatic rings. The van der Waals surface area contributed by atoms with Gasteiger partial charge in [0, 0.05) is 38.4 Å². The molecule has 0 aliphatic carbocycles. The van der Waals surface area contributed by atoms with Crippen LogP contribution in [0.1, 0.15) is 17.8 Å². The molecule has 0 aliphatic heterocycles. The van der Waals surface area contributed by atoms with E-state index in [-0.39, 0.29) is 24.0 Å². The van der Waals surface area contributed by atoms with Crippen LogP contribution in [0, 0.1) is 0 Å². The smallest absolute Gasteiger partial charge is 0.233 e. The molecule has 140 valence electrons. The maximum absolute atomic E-state index is 12.4. The second-order valence-electron chi connectivity index (χ2n) is 5.81. The van der Waals surface area contributed by atoms with E-state index < -0.39 is 0 Å². The van der Waals surface area contributed by atoms with E-state index >= 15 is 0 Å². The third-order valence-electron chi connectivity index (χ3n) is 3.85. The van der Waals surface area contributed by atoms with Crippen molar-refractivity contribution in [3.05, 3.63) is 35.7 Å². The molecule has 0 spiro atoms. The van der Waals surface area contributed by atoms with Crippen molar-refractivity contribution in [2.45, 2.75) is 29.4 Å². The maximum atomic E-state index is 12.4. The van der Waals surface area contributed by atoms with Crippen molar-refractivity contribution in [2.24, 2.45) is 12.8 Å². The Kier molecular flexibility index (Phi) is 7.52. The van der Waals surface area contributed by atoms with Crippen molar-refractivity contribution in [3.63, 3.8) is 0 Å². The maximum Gasteiger partial charge on any atom is 0.233 e. The van der Waals surface area contributed by atoms with Crippen molar-refractivity contribution in [1.29, 1.82) is 0 Å². The summed E-state index contributed by atoms with van der Waals surface area (Å²) in [5, 5.41) is 8.78. The van der Waals surface area contributed by atoms with Crippen LogP contribution in [-0.4, -0.2) is 50.5 Å². The monoisotopic (exact) mass is 393 g/mol. The summed E-state index contributed by atoms with van der Waals surface area (Å²) in [6.45, 7) is 0.566. The van der Waals surface area contributed by atoms with Crippen molar-refractivity contribution in [3.8, 4) is 0 Å². The highest BCUT2D eigenvalue weighted by Crippen LogP contribution is 2.18. The van der Waals surface area contributed by atoms with Crippen molar-refractivity contribution in [1.82, 2.24) is 19.7 Å². The fourth-order valence-corrected chi connectivity index (χ4v) is 3.53. The molecule has 2 N–H and O–H groups in total. The Labute approximate surface area is 161 Å². The number of nitrogens with two attached hydrogens (primary N) is 1. The largest absolute Gasteiger partial charge is 0.370 e. The zero-order valence-corrected chi connectivity index (χ0v) is 16.8. The minimum absolute atomic E-state index is 0.0191. The highest BCUT2D eigenvalue weighted by molar-refractivity contribution is 7.99. The Hall–Kier alpha value is -2.00. The Bertz CT molecular complexity index is 761. The van der Waals surface area contributed by atoms with Gasteiger partial charge < -0.3 is 15.2 Å². The molecule has 26 heavy (non-hydrogen) atoms. The van der Waals surface area contributed by atoms with Gasteiger partial charge in [0.05, 0.1) is 5.75 Å². The van der Waals surface area contributed by atoms with Crippen LogP contribution in [0.15, 0.2) is 34.3 Å². The van der Waals surface area contributed by atoms with Gasteiger partial charge in [0.1, 0.15) is 5.82 Å². The lowest BCUT2D eigenvalue weighted by molar-refractivity contribution is -0.127. The minimum atomic E-state index is -0.371. The summed E-state index contributed by atoms with van der Waals surface area (Å²) in [7, 11) is 3.61. The van der Waals surface area contributed by atoms with Crippen LogP contribution in [0.2, 0.25) is 0 Å². The van der Waals surface area contributed by atoms with Gasteiger partial charge in [0.15, 0.2) is 5.16 Å². The van der Waals surface area contributed by atoms with Crippen LogP contribution in [0.5, 0.6) is 0 Å². The molecule has 7 nitrogen and oxygen atoms in total. The van der Waals surface area contributed by atoms with E-state index in [1.807, 2.05) is 25.4 Å². The number of benzene rings is 1. The zero-order valence-electron chi connectivity index (χ0n) is 15.1. The fourth-order valence-electron chi connectivity index (χ4n) is 2.25. The molecule has 0 radical (unpaired) electrons. The highest BCUT2D eigenvalue weighted by Gasteiger charge is 2.14. The lowest BCUT2D eigenvalue weighted by atomic mass is 10.2. The van der Waals surface area contributed by atoms with Crippen LogP contribution in [0.25, 0.3) is 0 Å². The zero-order chi connectivity index (χ0) is 19.1. The number of primary amides is 1. The molecule has 2 rings (SSSR count). The first-order chi connectivity index (χ1) is 12.4. The number of thioether (sulfide) groups is 2. The summed E-state index contributed by atoms with van der Waals surface area (Å²) in [6.07, 6.45) is 2.71. The number of hydrogen-bond donors (Lipinski definition) is 1. The highest BCUT2D eigenvalue weighted by atomic mass is 32.2. The normalized spacial score (nSPS) is 10.7. The molecule has 1 aromatic heterocycles. The average Bonchev–Trinajstić information content (AvgIpc) is 2.98. The van der Waals surface area contributed by atoms with E-state index in [1.165, 1.54) is 16.7 Å². The van der Waals surface area contributed by atoms with Gasteiger partial charge in [0.25, 0.3) is 0 Å². The van der Waals surface area contributed by atoms with Gasteiger partial charge in [-0.05, 0) is 24.0 Å². The molecule has 2 aromatic rings. The van der Waals surface area contributed by atoms with Crippen molar-refractivity contribution >= 4 is 35.3 Å². The van der Waals surface area contributed by atoms with Gasteiger partial charge in [-0.2, -0.15) is 0 Å². The average molecular weight is 394 g/mol. The summed E-state index contributed by atoms with van der Waals surface area (Å²) < 4.78 is 1.79. The van der Waals surface area contributed by atoms with Gasteiger partial charge in [-0.25, -0.2) is 0 Å². The van der Waals surface area contributed by atoms with Gasteiger partial charge in [-0.1, -0.05) is 23.9 Å². The SMILES string of the molecule is CSc1ccc(CN(C)C(=O)CSc2nnc(CCC(N)=O)n2C)cc1. The Morgan fingerprint density at radius 2 is 1.92 bits per heavy atom. The number of hydrogen-bond acceptors (Lipinski definition) is 6. The summed E-state index contributed by atoms with van der Waals surface area (Å²) in [5.74, 6) is 0.609. The van der Waals surface area contributed by atoms with Gasteiger partial charge >= 0.3 is 0 Å². The number of carbonyl (C=O) groups excluding carboxylic acids is 2. The van der Waals surface area contributed by atoms with Gasteiger partial charge in [-0.15, -0.1) is 22.0 Å². The van der Waals surface area contributed by atoms with Crippen LogP contribution in [-0.2, 0) is 29.6 Å². The van der Waals surface area contributed by atoms with Crippen LogP contribution in [0.4, 0.5) is 0 Å². The Morgan fingerprint density at radius 3 is 2.54 bits per heavy atom. The minimum Gasteiger partial charge on any atom is -0.370 e. The molecule has 0 unspecified atom stereocenters. The summed E-state index contributed by atoms with van der Waals surface area (Å²) in [5.41, 5.74) is 6.25. The first kappa shape index (κ1) is 20.3. The third kappa shape index (κ3) is 5.77. The van der Waals surface area contributed by atoms with Crippen LogP contribution in [0.3, 0.4) is 0 Å². The van der Waals surface area contributed by atoms with Crippen molar-refractivity contribution < 1.29 is 9.59 Å². The molecule has 0 saturated carbocycles. The molecule has 0 fully saturated rings. The second-order valence-corrected chi connectivity index (χ2v) is 7.63. The topological polar surface area (TPSA) is 94.1 Å². The van der Waals surface area contributed by atoms with Crippen molar-refractivity contribution in [2.75, 3.05) is 19.1 Å². The Morgan fingerprint density at radius 1 is 1.23 bits per heavy atom. The van der Waals surface area contributed by atoms with E-state index in [0.29, 0.717) is 23.9 Å². The first-order valence-electron chi connectivity index (χ1n) is 8.07. The predicted molar refractivity (Wildman–Crippen MR) is 104 cm³/mol. The fraction of sp³-hybridized carbons (Fsp3) is 0.412. The lowest BCUT2D eigenvalue weighted by Crippen LogP contribution is -2.27. The predicted octanol–water partition coefficient (Wildman–Crippen LogP) is 1.71. The molecule has 0 bridgehead atoms. The Balaban J connectivity index is 1.86. The van der Waals surface area contributed by atoms with Gasteiger partial charge in [0.2, 0.25) is 11.8 Å². The standard InChI is InChI=1S/C17H23N5O2S2/c1-21(10-12-4-6-13(25-3)7-5-12)16(24)11-26-17-20-19-15(22(17)2)9-8-14(18)23/h4-7H,8-11H2,1-3H3,(H2,18,23). The number of carbonyl (C=O) groups is 2. The van der Waals surface area contributed by atoms with Crippen LogP contribution < -0.4 is 5.73 Å². The van der Waals surface area contributed by atoms with Crippen LogP contribution >= 0.6 is 23.5 Å². The molecule has 1 aromatic carbocycles. The first-order valence-corrected chi connectivity index (χ1v) is 10.3.